The molecule has 0 saturated carbocycles. The Balaban J connectivity index is 1.48. The van der Waals surface area contributed by atoms with E-state index in [0.29, 0.717) is 44.3 Å². The number of tetrazole rings is 2. The molecule has 0 fully saturated rings. The van der Waals surface area contributed by atoms with Crippen LogP contribution in [0.15, 0.2) is 0 Å². The Hall–Kier alpha value is -1.94. The molecule has 2 N–H and O–H groups in total. The first-order valence-corrected chi connectivity index (χ1v) is 5.98. The Kier molecular flexibility index (Phi) is 5.31. The summed E-state index contributed by atoms with van der Waals surface area (Å²) in [6.07, 6.45) is 1.27. The second-order valence-corrected chi connectivity index (χ2v) is 3.91. The van der Waals surface area contributed by atoms with Crippen LogP contribution < -0.4 is 0 Å². The Labute approximate surface area is 109 Å². The van der Waals surface area contributed by atoms with Crippen LogP contribution in [0.2, 0.25) is 0 Å². The Morgan fingerprint density at radius 2 is 1.63 bits per heavy atom. The fourth-order valence-electron chi connectivity index (χ4n) is 1.39. The summed E-state index contributed by atoms with van der Waals surface area (Å²) >= 11 is 0. The molecule has 0 spiro atoms. The Morgan fingerprint density at radius 3 is 2.21 bits per heavy atom. The minimum absolute atomic E-state index is 0.0113. The van der Waals surface area contributed by atoms with Gasteiger partial charge in [0.15, 0.2) is 11.6 Å². The molecule has 0 saturated heterocycles. The molecule has 1 unspecified atom stereocenters. The average Bonchev–Trinajstić information content (AvgIpc) is 3.07. The van der Waals surface area contributed by atoms with E-state index in [4.69, 9.17) is 9.47 Å². The molecule has 19 heavy (non-hydrogen) atoms. The Bertz CT molecular complexity index is 431. The minimum atomic E-state index is 0.0113. The highest BCUT2D eigenvalue weighted by Gasteiger charge is 2.05. The van der Waals surface area contributed by atoms with Crippen LogP contribution in [0.4, 0.5) is 0 Å². The lowest BCUT2D eigenvalue weighted by Gasteiger charge is -2.12. The van der Waals surface area contributed by atoms with Crippen molar-refractivity contribution < 1.29 is 9.47 Å². The van der Waals surface area contributed by atoms with Crippen molar-refractivity contribution in [3.63, 3.8) is 0 Å². The summed E-state index contributed by atoms with van der Waals surface area (Å²) in [5.41, 5.74) is 0. The van der Waals surface area contributed by atoms with E-state index in [1.165, 1.54) is 0 Å². The van der Waals surface area contributed by atoms with Crippen molar-refractivity contribution in [2.75, 3.05) is 19.8 Å². The number of rotatable bonds is 9. The number of nitrogens with zero attached hydrogens (tertiary/aromatic N) is 6. The molecule has 0 aliphatic carbocycles. The summed E-state index contributed by atoms with van der Waals surface area (Å²) in [7, 11) is 0. The van der Waals surface area contributed by atoms with E-state index in [-0.39, 0.29) is 6.10 Å². The van der Waals surface area contributed by atoms with Gasteiger partial charge in [-0.3, -0.25) is 0 Å². The second kappa shape index (κ2) is 7.48. The molecule has 0 bridgehead atoms. The van der Waals surface area contributed by atoms with Gasteiger partial charge >= 0.3 is 0 Å². The molecular weight excluding hydrogens is 252 g/mol. The standard InChI is InChI=1S/C9H16N8O2/c1-7(19-5-3-9-12-16-17-13-9)6-18-4-2-8-10-14-15-11-8/h7H,2-6H2,1H3,(H,10,11,14,15)(H,12,13,16,17). The molecule has 2 rings (SSSR count). The van der Waals surface area contributed by atoms with Crippen LogP contribution in [0, 0.1) is 0 Å². The molecule has 10 nitrogen and oxygen atoms in total. The minimum Gasteiger partial charge on any atom is -0.378 e. The third-order valence-electron chi connectivity index (χ3n) is 2.33. The van der Waals surface area contributed by atoms with E-state index in [0.717, 1.165) is 0 Å². The van der Waals surface area contributed by atoms with Gasteiger partial charge in [-0.2, -0.15) is 10.4 Å². The topological polar surface area (TPSA) is 127 Å². The summed E-state index contributed by atoms with van der Waals surface area (Å²) in [6, 6.07) is 0. The van der Waals surface area contributed by atoms with Gasteiger partial charge in [0.05, 0.1) is 25.9 Å². The SMILES string of the molecule is CC(COCCc1nn[nH]n1)OCCc1nn[nH]n1. The zero-order valence-electron chi connectivity index (χ0n) is 10.6. The van der Waals surface area contributed by atoms with Crippen molar-refractivity contribution in [2.24, 2.45) is 0 Å². The molecule has 0 amide bonds. The Morgan fingerprint density at radius 1 is 1.00 bits per heavy atom. The van der Waals surface area contributed by atoms with Crippen LogP contribution >= 0.6 is 0 Å². The zero-order chi connectivity index (χ0) is 13.3. The number of hydrogen-bond donors (Lipinski definition) is 2. The first kappa shape index (κ1) is 13.5. The predicted molar refractivity (Wildman–Crippen MR) is 62.0 cm³/mol. The van der Waals surface area contributed by atoms with Gasteiger partial charge in [0.1, 0.15) is 0 Å². The first-order valence-electron chi connectivity index (χ1n) is 5.98. The zero-order valence-corrected chi connectivity index (χ0v) is 10.6. The number of aromatic nitrogens is 8. The molecule has 2 heterocycles. The smallest absolute Gasteiger partial charge is 0.176 e. The van der Waals surface area contributed by atoms with Crippen LogP contribution in [0.5, 0.6) is 0 Å². The third kappa shape index (κ3) is 5.06. The van der Waals surface area contributed by atoms with E-state index in [9.17, 15) is 0 Å². The molecule has 2 aromatic rings. The molecule has 0 aromatic carbocycles. The van der Waals surface area contributed by atoms with Gasteiger partial charge in [-0.1, -0.05) is 10.4 Å². The molecule has 2 aromatic heterocycles. The molecule has 10 heteroatoms. The fourth-order valence-corrected chi connectivity index (χ4v) is 1.39. The second-order valence-electron chi connectivity index (χ2n) is 3.91. The quantitative estimate of drug-likeness (QED) is 0.550. The van der Waals surface area contributed by atoms with Crippen molar-refractivity contribution in [1.82, 2.24) is 41.2 Å². The van der Waals surface area contributed by atoms with Crippen molar-refractivity contribution in [1.29, 1.82) is 0 Å². The highest BCUT2D eigenvalue weighted by atomic mass is 16.5. The summed E-state index contributed by atoms with van der Waals surface area (Å²) in [4.78, 5) is 0. The van der Waals surface area contributed by atoms with Gasteiger partial charge < -0.3 is 9.47 Å². The van der Waals surface area contributed by atoms with Crippen LogP contribution in [-0.2, 0) is 22.3 Å². The fraction of sp³-hybridized carbons (Fsp3) is 0.778. The monoisotopic (exact) mass is 268 g/mol. The maximum Gasteiger partial charge on any atom is 0.176 e. The maximum atomic E-state index is 5.56. The van der Waals surface area contributed by atoms with Crippen LogP contribution in [0.3, 0.4) is 0 Å². The number of H-pyrrole nitrogens is 2. The lowest BCUT2D eigenvalue weighted by atomic mass is 10.4. The van der Waals surface area contributed by atoms with E-state index in [1.54, 1.807) is 0 Å². The van der Waals surface area contributed by atoms with E-state index < -0.39 is 0 Å². The van der Waals surface area contributed by atoms with Gasteiger partial charge in [0.25, 0.3) is 0 Å². The van der Waals surface area contributed by atoms with E-state index in [2.05, 4.69) is 41.2 Å². The maximum absolute atomic E-state index is 5.56. The highest BCUT2D eigenvalue weighted by molar-refractivity contribution is 4.76. The normalized spacial score (nSPS) is 12.7. The molecule has 0 radical (unpaired) electrons. The molecular formula is C9H16N8O2. The van der Waals surface area contributed by atoms with Crippen molar-refractivity contribution >= 4 is 0 Å². The summed E-state index contributed by atoms with van der Waals surface area (Å²) in [5, 5.41) is 27.0. The van der Waals surface area contributed by atoms with Gasteiger partial charge in [-0.25, -0.2) is 0 Å². The van der Waals surface area contributed by atoms with Crippen LogP contribution in [0.25, 0.3) is 0 Å². The third-order valence-corrected chi connectivity index (χ3v) is 2.33. The van der Waals surface area contributed by atoms with Crippen molar-refractivity contribution in [3.05, 3.63) is 11.6 Å². The molecule has 0 aliphatic heterocycles. The van der Waals surface area contributed by atoms with Crippen LogP contribution in [-0.4, -0.2) is 67.2 Å². The largest absolute Gasteiger partial charge is 0.378 e. The van der Waals surface area contributed by atoms with Gasteiger partial charge in [0, 0.05) is 12.8 Å². The summed E-state index contributed by atoms with van der Waals surface area (Å²) < 4.78 is 11.0. The van der Waals surface area contributed by atoms with Crippen LogP contribution in [0.1, 0.15) is 18.6 Å². The number of hydrogen-bond acceptors (Lipinski definition) is 8. The lowest BCUT2D eigenvalue weighted by molar-refractivity contribution is -0.00532. The number of aromatic amines is 2. The molecule has 0 aliphatic rings. The van der Waals surface area contributed by atoms with E-state index in [1.807, 2.05) is 6.92 Å². The first-order chi connectivity index (χ1) is 9.34. The van der Waals surface area contributed by atoms with Gasteiger partial charge in [-0.05, 0) is 6.92 Å². The lowest BCUT2D eigenvalue weighted by Crippen LogP contribution is -2.18. The molecule has 104 valence electrons. The van der Waals surface area contributed by atoms with Gasteiger partial charge in [0.2, 0.25) is 0 Å². The summed E-state index contributed by atoms with van der Waals surface area (Å²) in [6.45, 7) is 3.54. The number of nitrogens with one attached hydrogen (secondary N) is 2. The summed E-state index contributed by atoms with van der Waals surface area (Å²) in [5.74, 6) is 1.29. The van der Waals surface area contributed by atoms with Crippen molar-refractivity contribution in [3.8, 4) is 0 Å². The predicted octanol–water partition coefficient (Wildman–Crippen LogP) is -1.08. The highest BCUT2D eigenvalue weighted by Crippen LogP contribution is 1.96. The van der Waals surface area contributed by atoms with Crippen molar-refractivity contribution in [2.45, 2.75) is 25.9 Å². The van der Waals surface area contributed by atoms with E-state index >= 15 is 0 Å². The molecule has 1 atom stereocenters. The average molecular weight is 268 g/mol. The van der Waals surface area contributed by atoms with Gasteiger partial charge in [-0.15, -0.1) is 20.4 Å². The number of ether oxygens (including phenoxy) is 2.